The maximum absolute atomic E-state index is 12.7. The van der Waals surface area contributed by atoms with E-state index in [-0.39, 0.29) is 16.9 Å². The van der Waals surface area contributed by atoms with E-state index in [1.165, 1.54) is 12.8 Å². The Bertz CT molecular complexity index is 922. The fourth-order valence-corrected chi connectivity index (χ4v) is 3.76. The zero-order chi connectivity index (χ0) is 22.8. The van der Waals surface area contributed by atoms with Crippen molar-refractivity contribution in [3.8, 4) is 5.75 Å². The summed E-state index contributed by atoms with van der Waals surface area (Å²) in [6.07, 6.45) is 6.51. The number of hydrogen-bond acceptors (Lipinski definition) is 4. The molecule has 2 aromatic rings. The van der Waals surface area contributed by atoms with Crippen LogP contribution in [0.15, 0.2) is 48.5 Å². The summed E-state index contributed by atoms with van der Waals surface area (Å²) in [5.74, 6) is 0.418. The topological polar surface area (TPSA) is 70.7 Å². The molecule has 0 saturated carbocycles. The van der Waals surface area contributed by atoms with Crippen LogP contribution in [0.4, 0.5) is 5.69 Å². The summed E-state index contributed by atoms with van der Waals surface area (Å²) in [5.41, 5.74) is 1.84. The number of carbonyl (C=O) groups is 2. The zero-order valence-electron chi connectivity index (χ0n) is 18.6. The Balaban J connectivity index is 1.53. The minimum Gasteiger partial charge on any atom is -0.494 e. The van der Waals surface area contributed by atoms with Crippen molar-refractivity contribution in [1.82, 2.24) is 10.2 Å². The van der Waals surface area contributed by atoms with Gasteiger partial charge in [0.25, 0.3) is 11.8 Å². The Morgan fingerprint density at radius 1 is 1.00 bits per heavy atom. The Labute approximate surface area is 195 Å². The highest BCUT2D eigenvalue weighted by molar-refractivity contribution is 7.80. The summed E-state index contributed by atoms with van der Waals surface area (Å²) in [6.45, 7) is 4.36. The van der Waals surface area contributed by atoms with E-state index in [0.29, 0.717) is 29.2 Å². The molecule has 7 heteroatoms. The second kappa shape index (κ2) is 12.2. The van der Waals surface area contributed by atoms with Crippen molar-refractivity contribution in [1.29, 1.82) is 0 Å². The van der Waals surface area contributed by atoms with Crippen LogP contribution in [0.5, 0.6) is 5.75 Å². The van der Waals surface area contributed by atoms with Gasteiger partial charge in [-0.25, -0.2) is 0 Å². The number of benzene rings is 2. The Kier molecular flexibility index (Phi) is 9.04. The lowest BCUT2D eigenvalue weighted by molar-refractivity contribution is 0.0761. The average molecular weight is 454 g/mol. The van der Waals surface area contributed by atoms with Crippen LogP contribution in [0, 0.1) is 0 Å². The van der Waals surface area contributed by atoms with Crippen LogP contribution in [0.3, 0.4) is 0 Å². The molecular formula is C25H31N3O3S. The first-order chi connectivity index (χ1) is 15.6. The highest BCUT2D eigenvalue weighted by atomic mass is 32.1. The van der Waals surface area contributed by atoms with E-state index in [9.17, 15) is 9.59 Å². The molecule has 6 nitrogen and oxygen atoms in total. The van der Waals surface area contributed by atoms with Gasteiger partial charge < -0.3 is 15.0 Å². The number of unbranched alkanes of at least 4 members (excludes halogenated alkanes) is 1. The molecule has 170 valence electrons. The van der Waals surface area contributed by atoms with Gasteiger partial charge in [-0.05, 0) is 73.9 Å². The molecule has 2 aromatic carbocycles. The molecule has 1 fully saturated rings. The van der Waals surface area contributed by atoms with Crippen LogP contribution >= 0.6 is 12.2 Å². The van der Waals surface area contributed by atoms with Crippen molar-refractivity contribution in [2.24, 2.45) is 0 Å². The van der Waals surface area contributed by atoms with Crippen LogP contribution < -0.4 is 15.4 Å². The fourth-order valence-electron chi connectivity index (χ4n) is 3.55. The van der Waals surface area contributed by atoms with E-state index in [4.69, 9.17) is 17.0 Å². The molecular weight excluding hydrogens is 422 g/mol. The van der Waals surface area contributed by atoms with E-state index >= 15 is 0 Å². The number of carbonyl (C=O) groups excluding carboxylic acids is 2. The van der Waals surface area contributed by atoms with E-state index in [1.54, 1.807) is 42.5 Å². The summed E-state index contributed by atoms with van der Waals surface area (Å²) in [5, 5.41) is 5.88. The summed E-state index contributed by atoms with van der Waals surface area (Å²) in [7, 11) is 0. The quantitative estimate of drug-likeness (QED) is 0.456. The summed E-state index contributed by atoms with van der Waals surface area (Å²) >= 11 is 5.28. The first-order valence-electron chi connectivity index (χ1n) is 11.3. The molecule has 1 heterocycles. The number of likely N-dealkylation sites (tertiary alicyclic amines) is 1. The van der Waals surface area contributed by atoms with Gasteiger partial charge in [0.05, 0.1) is 6.61 Å². The van der Waals surface area contributed by atoms with Crippen molar-refractivity contribution >= 4 is 34.8 Å². The number of nitrogens with one attached hydrogen (secondary N) is 2. The molecule has 1 aliphatic rings. The van der Waals surface area contributed by atoms with Gasteiger partial charge in [0.2, 0.25) is 0 Å². The lowest BCUT2D eigenvalue weighted by Crippen LogP contribution is -2.34. The van der Waals surface area contributed by atoms with Gasteiger partial charge in [-0.1, -0.05) is 32.3 Å². The zero-order valence-corrected chi connectivity index (χ0v) is 19.4. The number of nitrogens with zero attached hydrogens (tertiary/aromatic N) is 1. The Hall–Kier alpha value is -2.93. The number of ether oxygens (including phenoxy) is 1. The summed E-state index contributed by atoms with van der Waals surface area (Å²) < 4.78 is 5.66. The van der Waals surface area contributed by atoms with Gasteiger partial charge in [0.15, 0.2) is 5.11 Å². The molecule has 0 spiro atoms. The lowest BCUT2D eigenvalue weighted by atomic mass is 10.1. The van der Waals surface area contributed by atoms with Crippen molar-refractivity contribution in [2.45, 2.75) is 45.4 Å². The van der Waals surface area contributed by atoms with Gasteiger partial charge in [-0.3, -0.25) is 14.9 Å². The summed E-state index contributed by atoms with van der Waals surface area (Å²) in [4.78, 5) is 27.2. The fraction of sp³-hybridized carbons (Fsp3) is 0.400. The minimum absolute atomic E-state index is 0.0652. The Morgan fingerprint density at radius 3 is 2.41 bits per heavy atom. The third kappa shape index (κ3) is 7.05. The van der Waals surface area contributed by atoms with Crippen molar-refractivity contribution < 1.29 is 14.3 Å². The van der Waals surface area contributed by atoms with Gasteiger partial charge in [-0.2, -0.15) is 0 Å². The van der Waals surface area contributed by atoms with Crippen LogP contribution in [0.1, 0.15) is 66.2 Å². The standard InChI is InChI=1S/C25H31N3O3S/c1-2-3-17-31-22-10-8-9-20(18-22)23(29)27-25(32)26-21-13-11-19(12-14-21)24(30)28-15-6-4-5-7-16-28/h8-14,18H,2-7,15-17H2,1H3,(H2,26,27,29,32). The number of rotatable bonds is 7. The van der Waals surface area contributed by atoms with Gasteiger partial charge in [0, 0.05) is 29.9 Å². The smallest absolute Gasteiger partial charge is 0.257 e. The van der Waals surface area contributed by atoms with Gasteiger partial charge in [0.1, 0.15) is 5.75 Å². The molecule has 0 aromatic heterocycles. The molecule has 0 radical (unpaired) electrons. The second-order valence-electron chi connectivity index (χ2n) is 7.92. The van der Waals surface area contributed by atoms with Crippen molar-refractivity contribution in [3.63, 3.8) is 0 Å². The SMILES string of the molecule is CCCCOc1cccc(C(=O)NC(=S)Nc2ccc(C(=O)N3CCCCCC3)cc2)c1. The monoisotopic (exact) mass is 453 g/mol. The van der Waals surface area contributed by atoms with Crippen LogP contribution in [0.2, 0.25) is 0 Å². The highest BCUT2D eigenvalue weighted by Crippen LogP contribution is 2.16. The van der Waals surface area contributed by atoms with E-state index < -0.39 is 0 Å². The predicted octanol–water partition coefficient (Wildman–Crippen LogP) is 5.01. The molecule has 1 aliphatic heterocycles. The minimum atomic E-state index is -0.309. The molecule has 2 N–H and O–H groups in total. The third-order valence-corrected chi connectivity index (χ3v) is 5.58. The Morgan fingerprint density at radius 2 is 1.72 bits per heavy atom. The molecule has 0 aliphatic carbocycles. The third-order valence-electron chi connectivity index (χ3n) is 5.37. The second-order valence-corrected chi connectivity index (χ2v) is 8.33. The molecule has 0 unspecified atom stereocenters. The first kappa shape index (κ1) is 23.7. The average Bonchev–Trinajstić information content (AvgIpc) is 3.09. The molecule has 3 rings (SSSR count). The number of amides is 2. The predicted molar refractivity (Wildman–Crippen MR) is 131 cm³/mol. The highest BCUT2D eigenvalue weighted by Gasteiger charge is 2.17. The summed E-state index contributed by atoms with van der Waals surface area (Å²) in [6, 6.07) is 14.2. The number of thiocarbonyl (C=S) groups is 1. The molecule has 1 saturated heterocycles. The first-order valence-corrected chi connectivity index (χ1v) is 11.7. The molecule has 0 atom stereocenters. The molecule has 2 amide bonds. The van der Waals surface area contributed by atoms with Crippen LogP contribution in [0.25, 0.3) is 0 Å². The van der Waals surface area contributed by atoms with Gasteiger partial charge in [-0.15, -0.1) is 0 Å². The van der Waals surface area contributed by atoms with E-state index in [0.717, 1.165) is 38.8 Å². The normalized spacial score (nSPS) is 13.7. The van der Waals surface area contributed by atoms with Crippen LogP contribution in [-0.2, 0) is 0 Å². The van der Waals surface area contributed by atoms with Crippen LogP contribution in [-0.4, -0.2) is 41.5 Å². The van der Waals surface area contributed by atoms with Gasteiger partial charge >= 0.3 is 0 Å². The largest absolute Gasteiger partial charge is 0.494 e. The maximum atomic E-state index is 12.7. The number of anilines is 1. The molecule has 32 heavy (non-hydrogen) atoms. The maximum Gasteiger partial charge on any atom is 0.257 e. The van der Waals surface area contributed by atoms with Crippen molar-refractivity contribution in [3.05, 3.63) is 59.7 Å². The number of hydrogen-bond donors (Lipinski definition) is 2. The lowest BCUT2D eigenvalue weighted by Gasteiger charge is -2.20. The van der Waals surface area contributed by atoms with Crippen molar-refractivity contribution in [2.75, 3.05) is 25.0 Å². The molecule has 0 bridgehead atoms. The van der Waals surface area contributed by atoms with E-state index in [2.05, 4.69) is 17.6 Å². The van der Waals surface area contributed by atoms with E-state index in [1.807, 2.05) is 11.0 Å².